The van der Waals surface area contributed by atoms with Crippen molar-refractivity contribution in [2.24, 2.45) is 0 Å². The number of aryl methyl sites for hydroxylation is 1. The molecule has 5 rings (SSSR count). The van der Waals surface area contributed by atoms with Gasteiger partial charge in [0.15, 0.2) is 0 Å². The van der Waals surface area contributed by atoms with Gasteiger partial charge in [-0.05, 0) is 67.1 Å². The third-order valence-electron chi connectivity index (χ3n) is 6.61. The average molecular weight is 568 g/mol. The molecule has 1 unspecified atom stereocenters. The van der Waals surface area contributed by atoms with E-state index in [9.17, 15) is 24.8 Å². The van der Waals surface area contributed by atoms with Crippen molar-refractivity contribution < 1.29 is 19.5 Å². The average Bonchev–Trinajstić information content (AvgIpc) is 3.33. The predicted molar refractivity (Wildman–Crippen MR) is 157 cm³/mol. The molecule has 40 heavy (non-hydrogen) atoms. The number of aromatic carboxylic acids is 1. The molecule has 3 N–H and O–H groups in total. The zero-order chi connectivity index (χ0) is 28.1. The minimum Gasteiger partial charge on any atom is -0.478 e. The molecule has 0 spiro atoms. The van der Waals surface area contributed by atoms with Crippen molar-refractivity contribution in [2.45, 2.75) is 35.8 Å². The summed E-state index contributed by atoms with van der Waals surface area (Å²) in [5.74, 6) is -1.96. The Morgan fingerprint density at radius 1 is 0.900 bits per heavy atom. The standard InChI is InChI=1S/C31H25N3O4S2/c32-18-25-22-13-6-7-16-26(22)40-30(25)34-29(36)27(19-9-2-1-3-10-19)39-21-12-8-11-20(17-21)33-28(35)23-14-4-5-15-24(23)31(37)38/h1-5,8-12,14-15,17,27H,6-7,13,16H2,(H,33,35)(H,34,36)(H,37,38). The zero-order valence-corrected chi connectivity index (χ0v) is 23.0. The van der Waals surface area contributed by atoms with Gasteiger partial charge in [-0.1, -0.05) is 48.5 Å². The Bertz CT molecular complexity index is 1630. The van der Waals surface area contributed by atoms with E-state index in [0.29, 0.717) is 16.3 Å². The van der Waals surface area contributed by atoms with Crippen LogP contribution in [0.5, 0.6) is 0 Å². The van der Waals surface area contributed by atoms with E-state index in [1.165, 1.54) is 40.1 Å². The summed E-state index contributed by atoms with van der Waals surface area (Å²) in [6.45, 7) is 0. The number of fused-ring (bicyclic) bond motifs is 1. The SMILES string of the molecule is N#Cc1c(NC(=O)C(Sc2cccc(NC(=O)c3ccccc3C(=O)O)c2)c2ccccc2)sc2c1CCCC2. The van der Waals surface area contributed by atoms with E-state index in [-0.39, 0.29) is 17.0 Å². The summed E-state index contributed by atoms with van der Waals surface area (Å²) in [6.07, 6.45) is 3.92. The first kappa shape index (κ1) is 27.2. The van der Waals surface area contributed by atoms with E-state index in [1.807, 2.05) is 36.4 Å². The molecule has 0 fully saturated rings. The van der Waals surface area contributed by atoms with Gasteiger partial charge in [-0.15, -0.1) is 23.1 Å². The quantitative estimate of drug-likeness (QED) is 0.199. The van der Waals surface area contributed by atoms with E-state index < -0.39 is 17.1 Å². The van der Waals surface area contributed by atoms with Crippen LogP contribution in [0.15, 0.2) is 83.8 Å². The number of nitrogens with one attached hydrogen (secondary N) is 2. The number of hydrogen-bond acceptors (Lipinski definition) is 6. The summed E-state index contributed by atoms with van der Waals surface area (Å²) in [5, 5.41) is 25.0. The molecule has 200 valence electrons. The molecule has 1 heterocycles. The number of rotatable bonds is 8. The Balaban J connectivity index is 1.39. The monoisotopic (exact) mass is 567 g/mol. The van der Waals surface area contributed by atoms with Gasteiger partial charge in [0.1, 0.15) is 16.3 Å². The fraction of sp³-hybridized carbons (Fsp3) is 0.161. The first-order valence-corrected chi connectivity index (χ1v) is 14.4. The van der Waals surface area contributed by atoms with Crippen molar-refractivity contribution in [2.75, 3.05) is 10.6 Å². The van der Waals surface area contributed by atoms with Crippen LogP contribution in [0.4, 0.5) is 10.7 Å². The second kappa shape index (κ2) is 12.2. The molecule has 3 aromatic carbocycles. The maximum absolute atomic E-state index is 13.7. The minimum absolute atomic E-state index is 0.0570. The molecule has 1 aliphatic rings. The summed E-state index contributed by atoms with van der Waals surface area (Å²) in [4.78, 5) is 40.0. The fourth-order valence-corrected chi connectivity index (χ4v) is 7.03. The highest BCUT2D eigenvalue weighted by Crippen LogP contribution is 2.41. The second-order valence-electron chi connectivity index (χ2n) is 9.26. The molecule has 0 saturated heterocycles. The lowest BCUT2D eigenvalue weighted by molar-refractivity contribution is -0.115. The third-order valence-corrected chi connectivity index (χ3v) is 9.06. The van der Waals surface area contributed by atoms with E-state index in [2.05, 4.69) is 16.7 Å². The number of carbonyl (C=O) groups is 3. The summed E-state index contributed by atoms with van der Waals surface area (Å²) >= 11 is 2.82. The minimum atomic E-state index is -1.18. The van der Waals surface area contributed by atoms with E-state index in [1.54, 1.807) is 30.3 Å². The van der Waals surface area contributed by atoms with Crippen LogP contribution in [0.1, 0.15) is 60.4 Å². The number of amides is 2. The van der Waals surface area contributed by atoms with E-state index in [4.69, 9.17) is 0 Å². The summed E-state index contributed by atoms with van der Waals surface area (Å²) in [6, 6.07) is 24.8. The molecule has 0 aliphatic heterocycles. The van der Waals surface area contributed by atoms with Gasteiger partial charge in [0.05, 0.1) is 16.7 Å². The van der Waals surface area contributed by atoms with E-state index >= 15 is 0 Å². The Morgan fingerprint density at radius 2 is 1.62 bits per heavy atom. The van der Waals surface area contributed by atoms with Crippen LogP contribution in [-0.2, 0) is 17.6 Å². The van der Waals surface area contributed by atoms with Crippen LogP contribution in [-0.4, -0.2) is 22.9 Å². The largest absolute Gasteiger partial charge is 0.478 e. The van der Waals surface area contributed by atoms with Gasteiger partial charge in [-0.3, -0.25) is 9.59 Å². The lowest BCUT2D eigenvalue weighted by atomic mass is 9.96. The van der Waals surface area contributed by atoms with Gasteiger partial charge in [0.25, 0.3) is 5.91 Å². The van der Waals surface area contributed by atoms with Gasteiger partial charge in [0, 0.05) is 15.5 Å². The topological polar surface area (TPSA) is 119 Å². The predicted octanol–water partition coefficient (Wildman–Crippen LogP) is 6.92. The molecule has 2 amide bonds. The van der Waals surface area contributed by atoms with Crippen molar-refractivity contribution in [1.29, 1.82) is 5.26 Å². The molecule has 1 aromatic heterocycles. The summed E-state index contributed by atoms with van der Waals surface area (Å²) < 4.78 is 0. The smallest absolute Gasteiger partial charge is 0.336 e. The molecule has 9 heteroatoms. The first-order valence-electron chi connectivity index (χ1n) is 12.8. The third kappa shape index (κ3) is 5.93. The second-order valence-corrected chi connectivity index (χ2v) is 11.5. The number of anilines is 2. The van der Waals surface area contributed by atoms with Crippen molar-refractivity contribution in [3.05, 3.63) is 112 Å². The Kier molecular flexibility index (Phi) is 8.29. The highest BCUT2D eigenvalue weighted by molar-refractivity contribution is 8.00. The molecule has 0 bridgehead atoms. The van der Waals surface area contributed by atoms with Gasteiger partial charge in [-0.2, -0.15) is 5.26 Å². The molecule has 1 aliphatic carbocycles. The van der Waals surface area contributed by atoms with Crippen LogP contribution < -0.4 is 10.6 Å². The van der Waals surface area contributed by atoms with Gasteiger partial charge in [-0.25, -0.2) is 4.79 Å². The summed E-state index contributed by atoms with van der Waals surface area (Å²) in [7, 11) is 0. The maximum Gasteiger partial charge on any atom is 0.336 e. The fourth-order valence-electron chi connectivity index (χ4n) is 4.70. The lowest BCUT2D eigenvalue weighted by Crippen LogP contribution is -2.19. The normalized spacial score (nSPS) is 13.0. The van der Waals surface area contributed by atoms with Gasteiger partial charge >= 0.3 is 5.97 Å². The molecule has 1 atom stereocenters. The number of carboxylic acids is 1. The van der Waals surface area contributed by atoms with Crippen LogP contribution in [0.3, 0.4) is 0 Å². The van der Waals surface area contributed by atoms with Crippen molar-refractivity contribution in [1.82, 2.24) is 0 Å². The Morgan fingerprint density at radius 3 is 2.38 bits per heavy atom. The van der Waals surface area contributed by atoms with Gasteiger partial charge in [0.2, 0.25) is 5.91 Å². The van der Waals surface area contributed by atoms with E-state index in [0.717, 1.165) is 41.7 Å². The highest BCUT2D eigenvalue weighted by atomic mass is 32.2. The first-order chi connectivity index (χ1) is 19.4. The zero-order valence-electron chi connectivity index (χ0n) is 21.3. The molecule has 0 radical (unpaired) electrons. The number of carbonyl (C=O) groups excluding carboxylic acids is 2. The van der Waals surface area contributed by atoms with Crippen LogP contribution in [0.2, 0.25) is 0 Å². The number of hydrogen-bond donors (Lipinski definition) is 3. The Hall–Kier alpha value is -4.39. The number of thioether (sulfide) groups is 1. The lowest BCUT2D eigenvalue weighted by Gasteiger charge is -2.17. The van der Waals surface area contributed by atoms with Crippen molar-refractivity contribution in [3.63, 3.8) is 0 Å². The number of carboxylic acid groups (broad SMARTS) is 1. The molecule has 4 aromatic rings. The Labute approximate surface area is 239 Å². The van der Waals surface area contributed by atoms with Crippen molar-refractivity contribution in [3.8, 4) is 6.07 Å². The molecular formula is C31H25N3O4S2. The molecule has 0 saturated carbocycles. The van der Waals surface area contributed by atoms with Crippen molar-refractivity contribution >= 4 is 51.6 Å². The number of nitrogens with zero attached hydrogens (tertiary/aromatic N) is 1. The number of benzene rings is 3. The summed E-state index contributed by atoms with van der Waals surface area (Å²) in [5.41, 5.74) is 2.87. The maximum atomic E-state index is 13.7. The number of nitriles is 1. The van der Waals surface area contributed by atoms with Crippen LogP contribution >= 0.6 is 23.1 Å². The van der Waals surface area contributed by atoms with Crippen LogP contribution in [0, 0.1) is 11.3 Å². The molecular weight excluding hydrogens is 542 g/mol. The highest BCUT2D eigenvalue weighted by Gasteiger charge is 2.27. The van der Waals surface area contributed by atoms with Gasteiger partial charge < -0.3 is 15.7 Å². The number of thiophene rings is 1. The van der Waals surface area contributed by atoms with Crippen LogP contribution in [0.25, 0.3) is 0 Å². The molecule has 7 nitrogen and oxygen atoms in total.